The van der Waals surface area contributed by atoms with Gasteiger partial charge >= 0.3 is 0 Å². The van der Waals surface area contributed by atoms with Gasteiger partial charge in [0.2, 0.25) is 0 Å². The van der Waals surface area contributed by atoms with Gasteiger partial charge in [-0.15, -0.1) is 0 Å². The lowest BCUT2D eigenvalue weighted by molar-refractivity contribution is 0.139. The number of nitrogens with zero attached hydrogens (tertiary/aromatic N) is 1. The minimum Gasteiger partial charge on any atom is -0.508 e. The number of benzene rings is 1. The molecule has 0 saturated heterocycles. The molecule has 3 atom stereocenters. The summed E-state index contributed by atoms with van der Waals surface area (Å²) in [6.45, 7) is 0. The van der Waals surface area contributed by atoms with Gasteiger partial charge in [0.25, 0.3) is 0 Å². The zero-order chi connectivity index (χ0) is 12.5. The van der Waals surface area contributed by atoms with Gasteiger partial charge in [-0.1, -0.05) is 18.2 Å². The van der Waals surface area contributed by atoms with E-state index in [0.717, 1.165) is 30.7 Å². The highest BCUT2D eigenvalue weighted by Crippen LogP contribution is 2.29. The summed E-state index contributed by atoms with van der Waals surface area (Å²) in [5.74, 6) is 1.04. The predicted molar refractivity (Wildman–Crippen MR) is 69.7 cm³/mol. The molecule has 0 aromatic heterocycles. The summed E-state index contributed by atoms with van der Waals surface area (Å²) in [6.07, 6.45) is 3.64. The molecule has 0 amide bonds. The average Bonchev–Trinajstić information content (AvgIpc) is 2.73. The minimum atomic E-state index is 0.148. The second-order valence-electron chi connectivity index (χ2n) is 5.13. The smallest absolute Gasteiger partial charge is 0.188 e. The zero-order valence-corrected chi connectivity index (χ0v) is 10.2. The van der Waals surface area contributed by atoms with Crippen molar-refractivity contribution in [1.29, 1.82) is 0 Å². The van der Waals surface area contributed by atoms with Gasteiger partial charge in [-0.05, 0) is 18.9 Å². The van der Waals surface area contributed by atoms with Crippen LogP contribution in [-0.2, 0) is 11.2 Å². The quantitative estimate of drug-likeness (QED) is 0.833. The maximum Gasteiger partial charge on any atom is 0.188 e. The Morgan fingerprint density at radius 2 is 2.17 bits per heavy atom. The molecule has 3 unspecified atom stereocenters. The molecule has 4 heteroatoms. The maximum absolute atomic E-state index is 9.74. The number of hydrogen-bond donors (Lipinski definition) is 2. The summed E-state index contributed by atoms with van der Waals surface area (Å²) < 4.78 is 5.85. The molecular formula is C14H18N2O2. The molecule has 3 rings (SSSR count). The second kappa shape index (κ2) is 4.61. The Hall–Kier alpha value is -1.55. The number of phenols is 1. The fourth-order valence-electron chi connectivity index (χ4n) is 2.72. The third kappa shape index (κ3) is 2.20. The fraction of sp³-hybridized carbons (Fsp3) is 0.500. The number of aromatic hydroxyl groups is 1. The highest BCUT2D eigenvalue weighted by atomic mass is 16.5. The summed E-state index contributed by atoms with van der Waals surface area (Å²) in [6, 6.07) is 7.82. The van der Waals surface area contributed by atoms with Crippen LogP contribution in [0.25, 0.3) is 0 Å². The number of phenolic OH excluding ortho intramolecular Hbond substituents is 1. The Bertz CT molecular complexity index is 473. The van der Waals surface area contributed by atoms with Crippen molar-refractivity contribution in [3.8, 4) is 5.75 Å². The van der Waals surface area contributed by atoms with Crippen LogP contribution >= 0.6 is 0 Å². The van der Waals surface area contributed by atoms with E-state index < -0.39 is 0 Å². The summed E-state index contributed by atoms with van der Waals surface area (Å²) >= 11 is 0. The van der Waals surface area contributed by atoms with Crippen molar-refractivity contribution in [2.75, 3.05) is 0 Å². The number of hydrogen-bond acceptors (Lipinski definition) is 4. The Morgan fingerprint density at radius 3 is 3.00 bits per heavy atom. The van der Waals surface area contributed by atoms with Crippen molar-refractivity contribution in [2.24, 2.45) is 10.7 Å². The largest absolute Gasteiger partial charge is 0.508 e. The van der Waals surface area contributed by atoms with Gasteiger partial charge < -0.3 is 15.6 Å². The van der Waals surface area contributed by atoms with Crippen molar-refractivity contribution in [3.63, 3.8) is 0 Å². The molecule has 1 fully saturated rings. The lowest BCUT2D eigenvalue weighted by atomic mass is 9.90. The minimum absolute atomic E-state index is 0.148. The number of fused-ring (bicyclic) bond motifs is 1. The molecule has 1 aromatic carbocycles. The van der Waals surface area contributed by atoms with Gasteiger partial charge in [0.05, 0.1) is 12.5 Å². The zero-order valence-electron chi connectivity index (χ0n) is 10.2. The molecule has 0 bridgehead atoms. The topological polar surface area (TPSA) is 67.8 Å². The van der Waals surface area contributed by atoms with Crippen molar-refractivity contribution in [3.05, 3.63) is 29.8 Å². The van der Waals surface area contributed by atoms with Crippen molar-refractivity contribution < 1.29 is 9.84 Å². The second-order valence-corrected chi connectivity index (χ2v) is 5.13. The van der Waals surface area contributed by atoms with E-state index >= 15 is 0 Å². The van der Waals surface area contributed by atoms with E-state index in [9.17, 15) is 5.11 Å². The van der Waals surface area contributed by atoms with Crippen LogP contribution in [0.3, 0.4) is 0 Å². The van der Waals surface area contributed by atoms with Crippen molar-refractivity contribution in [2.45, 2.75) is 43.9 Å². The highest BCUT2D eigenvalue weighted by molar-refractivity contribution is 5.81. The third-order valence-corrected chi connectivity index (χ3v) is 3.73. The van der Waals surface area contributed by atoms with Gasteiger partial charge in [-0.2, -0.15) is 0 Å². The first-order valence-electron chi connectivity index (χ1n) is 6.48. The van der Waals surface area contributed by atoms with Gasteiger partial charge in [0, 0.05) is 18.0 Å². The van der Waals surface area contributed by atoms with Crippen LogP contribution in [0.2, 0.25) is 0 Å². The van der Waals surface area contributed by atoms with E-state index in [1.54, 1.807) is 6.07 Å². The number of para-hydroxylation sites is 1. The van der Waals surface area contributed by atoms with E-state index in [1.807, 2.05) is 18.2 Å². The molecule has 0 radical (unpaired) electrons. The Balaban J connectivity index is 1.70. The Morgan fingerprint density at radius 1 is 1.33 bits per heavy atom. The molecule has 0 spiro atoms. The molecule has 1 aromatic rings. The van der Waals surface area contributed by atoms with Crippen LogP contribution in [0.5, 0.6) is 5.75 Å². The molecule has 1 aliphatic carbocycles. The summed E-state index contributed by atoms with van der Waals surface area (Å²) in [5, 5.41) is 9.74. The van der Waals surface area contributed by atoms with Crippen molar-refractivity contribution in [1.82, 2.24) is 0 Å². The Kier molecular flexibility index (Phi) is 2.96. The Labute approximate surface area is 106 Å². The third-order valence-electron chi connectivity index (χ3n) is 3.73. The molecular weight excluding hydrogens is 228 g/mol. The first-order valence-corrected chi connectivity index (χ1v) is 6.48. The van der Waals surface area contributed by atoms with Gasteiger partial charge in [-0.25, -0.2) is 4.99 Å². The van der Waals surface area contributed by atoms with Crippen LogP contribution in [0.1, 0.15) is 24.8 Å². The van der Waals surface area contributed by atoms with E-state index in [1.165, 1.54) is 0 Å². The number of ether oxygens (including phenoxy) is 1. The molecule has 1 saturated carbocycles. The molecule has 2 aliphatic rings. The summed E-state index contributed by atoms with van der Waals surface area (Å²) in [7, 11) is 0. The molecule has 3 N–H and O–H groups in total. The average molecular weight is 246 g/mol. The number of rotatable bonds is 2. The normalized spacial score (nSPS) is 30.5. The molecule has 96 valence electrons. The van der Waals surface area contributed by atoms with E-state index in [0.29, 0.717) is 12.2 Å². The molecule has 18 heavy (non-hydrogen) atoms. The summed E-state index contributed by atoms with van der Waals surface area (Å²) in [5.41, 5.74) is 6.80. The predicted octanol–water partition coefficient (Wildman–Crippen LogP) is 1.61. The maximum atomic E-state index is 9.74. The van der Waals surface area contributed by atoms with Crippen LogP contribution in [0, 0.1) is 0 Å². The van der Waals surface area contributed by atoms with E-state index in [4.69, 9.17) is 10.5 Å². The molecule has 1 aliphatic heterocycles. The summed E-state index contributed by atoms with van der Waals surface area (Å²) in [4.78, 5) is 4.61. The lowest BCUT2D eigenvalue weighted by Crippen LogP contribution is -2.38. The van der Waals surface area contributed by atoms with Crippen LogP contribution in [-0.4, -0.2) is 29.2 Å². The van der Waals surface area contributed by atoms with Crippen molar-refractivity contribution >= 4 is 5.90 Å². The van der Waals surface area contributed by atoms with Crippen LogP contribution < -0.4 is 5.73 Å². The first-order chi connectivity index (χ1) is 8.72. The highest BCUT2D eigenvalue weighted by Gasteiger charge is 2.35. The number of aliphatic imine (C=N–C) groups is 1. The van der Waals surface area contributed by atoms with Gasteiger partial charge in [0.15, 0.2) is 5.90 Å². The van der Waals surface area contributed by atoms with Crippen LogP contribution in [0.15, 0.2) is 29.3 Å². The number of nitrogens with two attached hydrogens (primary N) is 1. The fourth-order valence-corrected chi connectivity index (χ4v) is 2.72. The van der Waals surface area contributed by atoms with Gasteiger partial charge in [-0.3, -0.25) is 0 Å². The molecule has 1 heterocycles. The van der Waals surface area contributed by atoms with E-state index in [-0.39, 0.29) is 18.2 Å². The monoisotopic (exact) mass is 246 g/mol. The van der Waals surface area contributed by atoms with Gasteiger partial charge in [0.1, 0.15) is 11.9 Å². The van der Waals surface area contributed by atoms with Crippen LogP contribution in [0.4, 0.5) is 0 Å². The SMILES string of the molecule is NC1CCC2N=C(Cc3ccccc3O)OC2C1. The first kappa shape index (κ1) is 11.5. The standard InChI is InChI=1S/C14H18N2O2/c15-10-5-6-11-13(8-10)18-14(16-11)7-9-3-1-2-4-12(9)17/h1-4,10-11,13,17H,5-8,15H2. The molecule has 4 nitrogen and oxygen atoms in total. The lowest BCUT2D eigenvalue weighted by Gasteiger charge is -2.26. The van der Waals surface area contributed by atoms with E-state index in [2.05, 4.69) is 4.99 Å².